The molecule has 1 aromatic rings. The quantitative estimate of drug-likeness (QED) is 0.787. The second-order valence-corrected chi connectivity index (χ2v) is 5.81. The monoisotopic (exact) mass is 226 g/mol. The van der Waals surface area contributed by atoms with Crippen molar-refractivity contribution in [3.63, 3.8) is 0 Å². The average Bonchev–Trinajstić information content (AvgIpc) is 2.11. The SMILES string of the molecule is CS(=O)(=O)c1ccc(NC2CNC2)cc1. The fourth-order valence-corrected chi connectivity index (χ4v) is 2.06. The van der Waals surface area contributed by atoms with Gasteiger partial charge in [0.2, 0.25) is 0 Å². The molecule has 15 heavy (non-hydrogen) atoms. The van der Waals surface area contributed by atoms with Crippen LogP contribution in [-0.2, 0) is 9.84 Å². The first-order valence-electron chi connectivity index (χ1n) is 4.83. The van der Waals surface area contributed by atoms with Gasteiger partial charge in [-0.15, -0.1) is 0 Å². The maximum atomic E-state index is 11.2. The Balaban J connectivity index is 2.09. The predicted octanol–water partition coefficient (Wildman–Crippen LogP) is 0.474. The van der Waals surface area contributed by atoms with Crippen LogP contribution in [0.3, 0.4) is 0 Å². The van der Waals surface area contributed by atoms with Crippen molar-refractivity contribution in [1.29, 1.82) is 0 Å². The van der Waals surface area contributed by atoms with Crippen molar-refractivity contribution in [1.82, 2.24) is 5.32 Å². The van der Waals surface area contributed by atoms with Crippen LogP contribution in [0.25, 0.3) is 0 Å². The van der Waals surface area contributed by atoms with Gasteiger partial charge in [0.15, 0.2) is 9.84 Å². The van der Waals surface area contributed by atoms with Gasteiger partial charge in [-0.3, -0.25) is 0 Å². The largest absolute Gasteiger partial charge is 0.380 e. The summed E-state index contributed by atoms with van der Waals surface area (Å²) in [6.45, 7) is 1.93. The number of hydrogen-bond acceptors (Lipinski definition) is 4. The van der Waals surface area contributed by atoms with Gasteiger partial charge in [0.05, 0.1) is 10.9 Å². The van der Waals surface area contributed by atoms with Crippen molar-refractivity contribution in [2.75, 3.05) is 24.7 Å². The molecule has 1 aliphatic heterocycles. The second-order valence-electron chi connectivity index (χ2n) is 3.80. The van der Waals surface area contributed by atoms with E-state index < -0.39 is 9.84 Å². The summed E-state index contributed by atoms with van der Waals surface area (Å²) in [7, 11) is -3.08. The van der Waals surface area contributed by atoms with Crippen molar-refractivity contribution in [3.05, 3.63) is 24.3 Å². The Morgan fingerprint density at radius 2 is 1.87 bits per heavy atom. The van der Waals surface area contributed by atoms with Crippen LogP contribution in [-0.4, -0.2) is 33.8 Å². The van der Waals surface area contributed by atoms with Crippen molar-refractivity contribution in [2.24, 2.45) is 0 Å². The minimum atomic E-state index is -3.08. The molecule has 0 amide bonds. The molecule has 2 rings (SSSR count). The lowest BCUT2D eigenvalue weighted by Crippen LogP contribution is -2.51. The van der Waals surface area contributed by atoms with E-state index in [1.54, 1.807) is 24.3 Å². The molecule has 0 bridgehead atoms. The van der Waals surface area contributed by atoms with Crippen LogP contribution in [0.4, 0.5) is 5.69 Å². The Hall–Kier alpha value is -1.07. The summed E-state index contributed by atoms with van der Waals surface area (Å²) < 4.78 is 22.4. The summed E-state index contributed by atoms with van der Waals surface area (Å²) in [5.41, 5.74) is 0.967. The zero-order valence-electron chi connectivity index (χ0n) is 8.53. The highest BCUT2D eigenvalue weighted by atomic mass is 32.2. The molecule has 4 nitrogen and oxygen atoms in total. The van der Waals surface area contributed by atoms with Gasteiger partial charge in [-0.1, -0.05) is 0 Å². The Morgan fingerprint density at radius 1 is 1.27 bits per heavy atom. The first-order chi connectivity index (χ1) is 7.05. The van der Waals surface area contributed by atoms with Crippen LogP contribution in [0.1, 0.15) is 0 Å². The van der Waals surface area contributed by atoms with Gasteiger partial charge in [-0.05, 0) is 24.3 Å². The van der Waals surface area contributed by atoms with E-state index in [0.29, 0.717) is 10.9 Å². The molecule has 0 radical (unpaired) electrons. The molecule has 1 fully saturated rings. The smallest absolute Gasteiger partial charge is 0.175 e. The van der Waals surface area contributed by atoms with Gasteiger partial charge in [-0.25, -0.2) is 8.42 Å². The van der Waals surface area contributed by atoms with Crippen LogP contribution >= 0.6 is 0 Å². The van der Waals surface area contributed by atoms with E-state index in [4.69, 9.17) is 0 Å². The lowest BCUT2D eigenvalue weighted by atomic mass is 10.1. The van der Waals surface area contributed by atoms with Gasteiger partial charge in [0.1, 0.15) is 0 Å². The van der Waals surface area contributed by atoms with Crippen molar-refractivity contribution in [2.45, 2.75) is 10.9 Å². The maximum Gasteiger partial charge on any atom is 0.175 e. The molecular weight excluding hydrogens is 212 g/mol. The zero-order valence-corrected chi connectivity index (χ0v) is 9.34. The summed E-state index contributed by atoms with van der Waals surface area (Å²) in [5.74, 6) is 0. The predicted molar refractivity (Wildman–Crippen MR) is 59.8 cm³/mol. The minimum absolute atomic E-state index is 0.361. The lowest BCUT2D eigenvalue weighted by Gasteiger charge is -2.28. The highest BCUT2D eigenvalue weighted by molar-refractivity contribution is 7.90. The molecule has 5 heteroatoms. The van der Waals surface area contributed by atoms with Crippen LogP contribution in [0.5, 0.6) is 0 Å². The second kappa shape index (κ2) is 3.83. The minimum Gasteiger partial charge on any atom is -0.380 e. The van der Waals surface area contributed by atoms with E-state index >= 15 is 0 Å². The number of rotatable bonds is 3. The normalized spacial score (nSPS) is 17.1. The first kappa shape index (κ1) is 10.4. The molecule has 0 spiro atoms. The summed E-state index contributed by atoms with van der Waals surface area (Å²) in [6.07, 6.45) is 1.21. The van der Waals surface area contributed by atoms with Gasteiger partial charge in [0.25, 0.3) is 0 Å². The van der Waals surface area contributed by atoms with Crippen molar-refractivity contribution < 1.29 is 8.42 Å². The number of nitrogens with one attached hydrogen (secondary N) is 2. The Kier molecular flexibility index (Phi) is 2.67. The van der Waals surface area contributed by atoms with Crippen LogP contribution in [0.2, 0.25) is 0 Å². The van der Waals surface area contributed by atoms with E-state index in [-0.39, 0.29) is 0 Å². The number of anilines is 1. The van der Waals surface area contributed by atoms with Gasteiger partial charge in [-0.2, -0.15) is 0 Å². The van der Waals surface area contributed by atoms with E-state index in [2.05, 4.69) is 10.6 Å². The highest BCUT2D eigenvalue weighted by Crippen LogP contribution is 2.15. The van der Waals surface area contributed by atoms with Crippen molar-refractivity contribution >= 4 is 15.5 Å². The molecular formula is C10H14N2O2S. The van der Waals surface area contributed by atoms with Crippen LogP contribution in [0.15, 0.2) is 29.2 Å². The maximum absolute atomic E-state index is 11.2. The fourth-order valence-electron chi connectivity index (χ4n) is 1.42. The van der Waals surface area contributed by atoms with Crippen LogP contribution < -0.4 is 10.6 Å². The van der Waals surface area contributed by atoms with Crippen LogP contribution in [0, 0.1) is 0 Å². The van der Waals surface area contributed by atoms with Gasteiger partial charge in [0, 0.05) is 25.0 Å². The zero-order chi connectivity index (χ0) is 10.9. The van der Waals surface area contributed by atoms with Crippen molar-refractivity contribution in [3.8, 4) is 0 Å². The molecule has 0 aliphatic carbocycles. The number of benzene rings is 1. The molecule has 0 aromatic heterocycles. The summed E-state index contributed by atoms with van der Waals surface area (Å²) in [5, 5.41) is 6.46. The molecule has 82 valence electrons. The lowest BCUT2D eigenvalue weighted by molar-refractivity contribution is 0.472. The molecule has 0 saturated carbocycles. The molecule has 1 heterocycles. The molecule has 1 aliphatic rings. The van der Waals surface area contributed by atoms with Gasteiger partial charge < -0.3 is 10.6 Å². The molecule has 1 aromatic carbocycles. The molecule has 2 N–H and O–H groups in total. The highest BCUT2D eigenvalue weighted by Gasteiger charge is 2.15. The Bertz CT molecular complexity index is 435. The summed E-state index contributed by atoms with van der Waals surface area (Å²) >= 11 is 0. The van der Waals surface area contributed by atoms with E-state index in [1.807, 2.05) is 0 Å². The third kappa shape index (κ3) is 2.49. The molecule has 0 atom stereocenters. The average molecular weight is 226 g/mol. The molecule has 0 unspecified atom stereocenters. The Morgan fingerprint density at radius 3 is 2.27 bits per heavy atom. The summed E-state index contributed by atoms with van der Waals surface area (Å²) in [4.78, 5) is 0.361. The third-order valence-corrected chi connectivity index (χ3v) is 3.56. The summed E-state index contributed by atoms with van der Waals surface area (Å²) in [6, 6.07) is 7.32. The van der Waals surface area contributed by atoms with Gasteiger partial charge >= 0.3 is 0 Å². The molecule has 1 saturated heterocycles. The van der Waals surface area contributed by atoms with E-state index in [1.165, 1.54) is 6.26 Å². The fraction of sp³-hybridized carbons (Fsp3) is 0.400. The van der Waals surface area contributed by atoms with E-state index in [9.17, 15) is 8.42 Å². The first-order valence-corrected chi connectivity index (χ1v) is 6.72. The Labute approximate surface area is 89.6 Å². The number of hydrogen-bond donors (Lipinski definition) is 2. The standard InChI is InChI=1S/C10H14N2O2S/c1-15(13,14)10-4-2-8(3-5-10)12-9-6-11-7-9/h2-5,9,11-12H,6-7H2,1H3. The third-order valence-electron chi connectivity index (χ3n) is 2.43. The topological polar surface area (TPSA) is 58.2 Å². The number of sulfone groups is 1. The van der Waals surface area contributed by atoms with E-state index in [0.717, 1.165) is 18.8 Å².